The normalized spacial score (nSPS) is 17.1. The Morgan fingerprint density at radius 2 is 1.66 bits per heavy atom. The molecule has 35 heavy (non-hydrogen) atoms. The van der Waals surface area contributed by atoms with Gasteiger partial charge in [-0.25, -0.2) is 9.59 Å². The molecule has 1 heterocycles. The number of aliphatic carboxylic acids is 1. The van der Waals surface area contributed by atoms with E-state index >= 15 is 0 Å². The van der Waals surface area contributed by atoms with Crippen LogP contribution in [-0.2, 0) is 19.1 Å². The molecule has 0 radical (unpaired) electrons. The zero-order chi connectivity index (χ0) is 24.8. The smallest absolute Gasteiger partial charge is 0.407 e. The molecule has 1 atom stereocenters. The number of carboxylic acids is 1. The molecule has 1 aliphatic heterocycles. The number of carbonyl (C=O) groups excluding carboxylic acids is 2. The Morgan fingerprint density at radius 1 is 1.06 bits per heavy atom. The highest BCUT2D eigenvalue weighted by Gasteiger charge is 2.42. The van der Waals surface area contributed by atoms with Gasteiger partial charge in [-0.2, -0.15) is 0 Å². The summed E-state index contributed by atoms with van der Waals surface area (Å²) < 4.78 is 11.0. The van der Waals surface area contributed by atoms with Gasteiger partial charge in [-0.05, 0) is 41.5 Å². The van der Waals surface area contributed by atoms with Crippen molar-refractivity contribution in [3.05, 3.63) is 59.7 Å². The third kappa shape index (κ3) is 5.32. The molecule has 8 heteroatoms. The second kappa shape index (κ2) is 10.9. The van der Waals surface area contributed by atoms with Crippen LogP contribution in [0.3, 0.4) is 0 Å². The molecule has 3 N–H and O–H groups in total. The van der Waals surface area contributed by atoms with Gasteiger partial charge in [0.25, 0.3) is 0 Å². The number of benzene rings is 2. The third-order valence-corrected chi connectivity index (χ3v) is 7.03. The van der Waals surface area contributed by atoms with E-state index in [2.05, 4.69) is 34.9 Å². The van der Waals surface area contributed by atoms with Gasteiger partial charge >= 0.3 is 12.1 Å². The van der Waals surface area contributed by atoms with Gasteiger partial charge in [0.2, 0.25) is 5.91 Å². The number of hydrogen-bond donors (Lipinski definition) is 3. The summed E-state index contributed by atoms with van der Waals surface area (Å²) in [6, 6.07) is 15.3. The minimum Gasteiger partial charge on any atom is -0.480 e. The van der Waals surface area contributed by atoms with E-state index < -0.39 is 23.5 Å². The predicted molar refractivity (Wildman–Crippen MR) is 130 cm³/mol. The van der Waals surface area contributed by atoms with E-state index in [0.29, 0.717) is 38.9 Å². The molecule has 4 rings (SSSR count). The van der Waals surface area contributed by atoms with Crippen molar-refractivity contribution >= 4 is 18.0 Å². The average Bonchev–Trinajstić information content (AvgIpc) is 3.20. The molecule has 2 aromatic carbocycles. The van der Waals surface area contributed by atoms with E-state index in [1.54, 1.807) is 0 Å². The lowest BCUT2D eigenvalue weighted by Crippen LogP contribution is -2.54. The van der Waals surface area contributed by atoms with Crippen LogP contribution in [0.4, 0.5) is 4.79 Å². The summed E-state index contributed by atoms with van der Waals surface area (Å²) in [5.41, 5.74) is 3.60. The molecule has 1 fully saturated rings. The van der Waals surface area contributed by atoms with Crippen LogP contribution in [0.25, 0.3) is 11.1 Å². The average molecular weight is 481 g/mol. The van der Waals surface area contributed by atoms with Gasteiger partial charge in [0.1, 0.15) is 12.6 Å². The quantitative estimate of drug-likeness (QED) is 0.504. The number of carbonyl (C=O) groups is 3. The van der Waals surface area contributed by atoms with Crippen molar-refractivity contribution in [2.75, 3.05) is 26.4 Å². The molecule has 1 aliphatic carbocycles. The maximum absolute atomic E-state index is 13.1. The molecule has 8 nitrogen and oxygen atoms in total. The van der Waals surface area contributed by atoms with Gasteiger partial charge in [-0.1, -0.05) is 61.9 Å². The number of hydrogen-bond acceptors (Lipinski definition) is 5. The largest absolute Gasteiger partial charge is 0.480 e. The number of amides is 2. The fraction of sp³-hybridized carbons (Fsp3) is 0.444. The topological polar surface area (TPSA) is 114 Å². The Bertz CT molecular complexity index is 1030. The lowest BCUT2D eigenvalue weighted by molar-refractivity contribution is -0.146. The summed E-state index contributed by atoms with van der Waals surface area (Å²) in [6.45, 7) is 2.83. The summed E-state index contributed by atoms with van der Waals surface area (Å²) in [5, 5.41) is 14.9. The molecule has 0 saturated carbocycles. The highest BCUT2D eigenvalue weighted by molar-refractivity contribution is 5.88. The minimum atomic E-state index is -1.06. The summed E-state index contributed by atoms with van der Waals surface area (Å²) in [6.07, 6.45) is 1.15. The second-order valence-corrected chi connectivity index (χ2v) is 9.22. The van der Waals surface area contributed by atoms with Gasteiger partial charge < -0.3 is 25.2 Å². The summed E-state index contributed by atoms with van der Waals surface area (Å²) in [4.78, 5) is 37.4. The van der Waals surface area contributed by atoms with Crippen LogP contribution in [-0.4, -0.2) is 55.5 Å². The van der Waals surface area contributed by atoms with E-state index in [0.717, 1.165) is 22.3 Å². The fourth-order valence-corrected chi connectivity index (χ4v) is 4.99. The number of fused-ring (bicyclic) bond motifs is 3. The van der Waals surface area contributed by atoms with Crippen LogP contribution in [0, 0.1) is 5.41 Å². The highest BCUT2D eigenvalue weighted by atomic mass is 16.5. The van der Waals surface area contributed by atoms with Crippen LogP contribution < -0.4 is 10.6 Å². The van der Waals surface area contributed by atoms with Gasteiger partial charge in [-0.15, -0.1) is 0 Å². The van der Waals surface area contributed by atoms with Crippen molar-refractivity contribution in [3.8, 4) is 11.1 Å². The lowest BCUT2D eigenvalue weighted by atomic mass is 9.79. The zero-order valence-corrected chi connectivity index (χ0v) is 19.9. The maximum Gasteiger partial charge on any atom is 0.407 e. The summed E-state index contributed by atoms with van der Waals surface area (Å²) in [7, 11) is 0. The maximum atomic E-state index is 13.1. The van der Waals surface area contributed by atoms with Crippen LogP contribution in [0.15, 0.2) is 48.5 Å². The third-order valence-electron chi connectivity index (χ3n) is 7.03. The van der Waals surface area contributed by atoms with E-state index in [-0.39, 0.29) is 25.0 Å². The van der Waals surface area contributed by atoms with E-state index in [9.17, 15) is 19.5 Å². The molecule has 186 valence electrons. The predicted octanol–water partition coefficient (Wildman–Crippen LogP) is 3.69. The van der Waals surface area contributed by atoms with E-state index in [4.69, 9.17) is 9.47 Å². The van der Waals surface area contributed by atoms with Crippen molar-refractivity contribution in [3.63, 3.8) is 0 Å². The number of nitrogens with one attached hydrogen (secondary N) is 2. The molecule has 2 amide bonds. The monoisotopic (exact) mass is 480 g/mol. The Morgan fingerprint density at radius 3 is 2.23 bits per heavy atom. The van der Waals surface area contributed by atoms with Crippen molar-refractivity contribution in [2.24, 2.45) is 5.41 Å². The Labute approximate surface area is 205 Å². The zero-order valence-electron chi connectivity index (χ0n) is 19.9. The SMILES string of the molecule is CCC[C@@H](NC(=O)C1(CNC(=O)OCC2c3ccccc3-c3ccccc32)CCOCC1)C(=O)O. The molecular weight excluding hydrogens is 448 g/mol. The highest BCUT2D eigenvalue weighted by Crippen LogP contribution is 2.44. The Kier molecular flexibility index (Phi) is 7.70. The number of alkyl carbamates (subject to hydrolysis) is 1. The fourth-order valence-electron chi connectivity index (χ4n) is 4.99. The molecule has 2 aliphatic rings. The first-order chi connectivity index (χ1) is 16.9. The first-order valence-corrected chi connectivity index (χ1v) is 12.2. The number of rotatable bonds is 9. The Balaban J connectivity index is 1.39. The number of ether oxygens (including phenoxy) is 2. The lowest BCUT2D eigenvalue weighted by Gasteiger charge is -2.36. The minimum absolute atomic E-state index is 0.0529. The summed E-state index contributed by atoms with van der Waals surface area (Å²) in [5.74, 6) is -1.49. The van der Waals surface area contributed by atoms with Crippen molar-refractivity contribution in [2.45, 2.75) is 44.6 Å². The molecule has 0 spiro atoms. The molecule has 0 bridgehead atoms. The molecule has 0 aromatic heterocycles. The van der Waals surface area contributed by atoms with E-state index in [1.165, 1.54) is 0 Å². The van der Waals surface area contributed by atoms with Crippen molar-refractivity contribution in [1.82, 2.24) is 10.6 Å². The van der Waals surface area contributed by atoms with Crippen LogP contribution in [0.1, 0.15) is 49.7 Å². The molecule has 2 aromatic rings. The first kappa shape index (κ1) is 24.7. The van der Waals surface area contributed by atoms with Gasteiger partial charge in [0, 0.05) is 25.7 Å². The molecule has 0 unspecified atom stereocenters. The molecular formula is C27H32N2O6. The Hall–Kier alpha value is -3.39. The standard InChI is InChI=1S/C27H32N2O6/c1-2-7-23(24(30)31)29-25(32)27(12-14-34-15-13-27)17-28-26(33)35-16-22-20-10-5-3-8-18(20)19-9-4-6-11-21(19)22/h3-6,8-11,22-23H,2,7,12-17H2,1H3,(H,28,33)(H,29,32)(H,30,31)/t23-/m1/s1. The van der Waals surface area contributed by atoms with Crippen LogP contribution >= 0.6 is 0 Å². The molecule has 1 saturated heterocycles. The van der Waals surface area contributed by atoms with Crippen molar-refractivity contribution < 1.29 is 29.0 Å². The van der Waals surface area contributed by atoms with Gasteiger partial charge in [0.15, 0.2) is 0 Å². The van der Waals surface area contributed by atoms with Gasteiger partial charge in [-0.3, -0.25) is 4.79 Å². The van der Waals surface area contributed by atoms with Crippen LogP contribution in [0.5, 0.6) is 0 Å². The first-order valence-electron chi connectivity index (χ1n) is 12.2. The second-order valence-electron chi connectivity index (χ2n) is 9.22. The van der Waals surface area contributed by atoms with E-state index in [1.807, 2.05) is 31.2 Å². The van der Waals surface area contributed by atoms with Crippen molar-refractivity contribution in [1.29, 1.82) is 0 Å². The van der Waals surface area contributed by atoms with Crippen LogP contribution in [0.2, 0.25) is 0 Å². The number of carboxylic acid groups (broad SMARTS) is 1. The summed E-state index contributed by atoms with van der Waals surface area (Å²) >= 11 is 0. The van der Waals surface area contributed by atoms with Gasteiger partial charge in [0.05, 0.1) is 5.41 Å².